The van der Waals surface area contributed by atoms with Gasteiger partial charge in [0.25, 0.3) is 5.92 Å². The molecule has 0 saturated heterocycles. The highest BCUT2D eigenvalue weighted by Crippen LogP contribution is 2.78. The third-order valence-electron chi connectivity index (χ3n) is 5.71. The summed E-state index contributed by atoms with van der Waals surface area (Å²) in [4.78, 5) is 0. The molecule has 3 aliphatic rings. The highest BCUT2D eigenvalue weighted by Gasteiger charge is 2.77. The Kier molecular flexibility index (Phi) is 3.06. The van der Waals surface area contributed by atoms with Gasteiger partial charge in [-0.2, -0.15) is 0 Å². The predicted octanol–water partition coefficient (Wildman–Crippen LogP) is 4.97. The first-order chi connectivity index (χ1) is 11.3. The van der Waals surface area contributed by atoms with Gasteiger partial charge in [0.15, 0.2) is 0 Å². The van der Waals surface area contributed by atoms with Crippen LogP contribution in [-0.2, 0) is 11.8 Å². The average molecular weight is 336 g/mol. The van der Waals surface area contributed by atoms with Crippen molar-refractivity contribution >= 4 is 0 Å². The SMILES string of the molecule is Oc1ccc(C23CC(C(F)(F)Cc4cc(F)ccc4F)(C2)C3)cc1. The van der Waals surface area contributed by atoms with Gasteiger partial charge >= 0.3 is 0 Å². The fourth-order valence-corrected chi connectivity index (χ4v) is 4.40. The molecule has 1 N–H and O–H groups in total. The Morgan fingerprint density at radius 2 is 1.58 bits per heavy atom. The second-order valence-electron chi connectivity index (χ2n) is 7.25. The minimum Gasteiger partial charge on any atom is -0.508 e. The second kappa shape index (κ2) is 4.74. The average Bonchev–Trinajstić information content (AvgIpc) is 2.41. The molecule has 2 aromatic rings. The van der Waals surface area contributed by atoms with Gasteiger partial charge in [0.2, 0.25) is 0 Å². The number of halogens is 4. The molecule has 3 aliphatic carbocycles. The second-order valence-corrected chi connectivity index (χ2v) is 7.25. The van der Waals surface area contributed by atoms with Gasteiger partial charge in [0.05, 0.1) is 0 Å². The zero-order chi connectivity index (χ0) is 17.2. The van der Waals surface area contributed by atoms with E-state index in [1.807, 2.05) is 0 Å². The summed E-state index contributed by atoms with van der Waals surface area (Å²) in [7, 11) is 0. The Hall–Kier alpha value is -2.04. The van der Waals surface area contributed by atoms with Crippen LogP contribution >= 0.6 is 0 Å². The van der Waals surface area contributed by atoms with E-state index in [0.717, 1.165) is 23.8 Å². The van der Waals surface area contributed by atoms with Gasteiger partial charge < -0.3 is 5.11 Å². The summed E-state index contributed by atoms with van der Waals surface area (Å²) in [6.45, 7) is 0. The molecule has 2 aromatic carbocycles. The smallest absolute Gasteiger partial charge is 0.257 e. The Balaban J connectivity index is 1.52. The third kappa shape index (κ3) is 2.06. The lowest BCUT2D eigenvalue weighted by molar-refractivity contribution is -0.280. The fraction of sp³-hybridized carbons (Fsp3) is 0.368. The Labute approximate surface area is 136 Å². The molecule has 0 heterocycles. The van der Waals surface area contributed by atoms with Crippen LogP contribution < -0.4 is 0 Å². The molecule has 0 unspecified atom stereocenters. The molecule has 126 valence electrons. The van der Waals surface area contributed by atoms with Crippen LogP contribution in [0.3, 0.4) is 0 Å². The summed E-state index contributed by atoms with van der Waals surface area (Å²) < 4.78 is 56.3. The molecule has 24 heavy (non-hydrogen) atoms. The van der Waals surface area contributed by atoms with Gasteiger partial charge in [0.1, 0.15) is 17.4 Å². The summed E-state index contributed by atoms with van der Waals surface area (Å²) >= 11 is 0. The first kappa shape index (κ1) is 15.5. The molecule has 0 radical (unpaired) electrons. The maximum Gasteiger partial charge on any atom is 0.257 e. The maximum absolute atomic E-state index is 14.7. The number of benzene rings is 2. The molecule has 3 fully saturated rings. The van der Waals surface area contributed by atoms with Crippen molar-refractivity contribution in [1.29, 1.82) is 0 Å². The number of hydrogen-bond acceptors (Lipinski definition) is 1. The van der Waals surface area contributed by atoms with Crippen molar-refractivity contribution in [3.05, 3.63) is 65.2 Å². The van der Waals surface area contributed by atoms with E-state index in [4.69, 9.17) is 0 Å². The van der Waals surface area contributed by atoms with Crippen LogP contribution in [0.5, 0.6) is 5.75 Å². The van der Waals surface area contributed by atoms with Crippen LogP contribution in [0.4, 0.5) is 17.6 Å². The highest BCUT2D eigenvalue weighted by molar-refractivity contribution is 5.42. The van der Waals surface area contributed by atoms with Gasteiger partial charge in [-0.1, -0.05) is 12.1 Å². The Morgan fingerprint density at radius 1 is 0.958 bits per heavy atom. The van der Waals surface area contributed by atoms with Crippen molar-refractivity contribution in [1.82, 2.24) is 0 Å². The van der Waals surface area contributed by atoms with Crippen LogP contribution in [0.1, 0.15) is 30.4 Å². The van der Waals surface area contributed by atoms with Crippen molar-refractivity contribution in [2.24, 2.45) is 5.41 Å². The molecular formula is C19H16F4O. The molecule has 0 aliphatic heterocycles. The number of alkyl halides is 2. The first-order valence-corrected chi connectivity index (χ1v) is 7.87. The number of hydrogen-bond donors (Lipinski definition) is 1. The fourth-order valence-electron chi connectivity index (χ4n) is 4.40. The summed E-state index contributed by atoms with van der Waals surface area (Å²) in [5.74, 6) is -4.43. The van der Waals surface area contributed by atoms with E-state index in [-0.39, 0.29) is 16.7 Å². The van der Waals surface area contributed by atoms with Crippen molar-refractivity contribution in [3.63, 3.8) is 0 Å². The Morgan fingerprint density at radius 3 is 2.21 bits per heavy atom. The minimum atomic E-state index is -3.07. The van der Waals surface area contributed by atoms with Gasteiger partial charge in [-0.05, 0) is 66.1 Å². The molecule has 1 nitrogen and oxygen atoms in total. The molecule has 0 amide bonds. The number of phenolic OH excluding ortho intramolecular Hbond substituents is 1. The molecule has 5 heteroatoms. The van der Waals surface area contributed by atoms with Crippen LogP contribution in [-0.4, -0.2) is 11.0 Å². The van der Waals surface area contributed by atoms with E-state index < -0.39 is 29.4 Å². The summed E-state index contributed by atoms with van der Waals surface area (Å²) in [6.07, 6.45) is 0.250. The van der Waals surface area contributed by atoms with Crippen molar-refractivity contribution < 1.29 is 22.7 Å². The lowest BCUT2D eigenvalue weighted by atomic mass is 9.31. The first-order valence-electron chi connectivity index (χ1n) is 7.87. The van der Waals surface area contributed by atoms with Crippen molar-refractivity contribution in [3.8, 4) is 5.75 Å². The van der Waals surface area contributed by atoms with Crippen LogP contribution in [0.15, 0.2) is 42.5 Å². The molecule has 2 bridgehead atoms. The highest BCUT2D eigenvalue weighted by atomic mass is 19.3. The number of rotatable bonds is 4. The summed E-state index contributed by atoms with van der Waals surface area (Å²) in [6, 6.07) is 9.32. The lowest BCUT2D eigenvalue weighted by Gasteiger charge is -2.73. The van der Waals surface area contributed by atoms with E-state index >= 15 is 0 Å². The molecular weight excluding hydrogens is 320 g/mol. The topological polar surface area (TPSA) is 20.2 Å². The molecule has 3 saturated carbocycles. The quantitative estimate of drug-likeness (QED) is 0.782. The van der Waals surface area contributed by atoms with E-state index in [2.05, 4.69) is 0 Å². The lowest BCUT2D eigenvalue weighted by Crippen LogP contribution is -2.71. The predicted molar refractivity (Wildman–Crippen MR) is 81.1 cm³/mol. The molecule has 5 rings (SSSR count). The maximum atomic E-state index is 14.7. The van der Waals surface area contributed by atoms with Crippen molar-refractivity contribution in [2.75, 3.05) is 0 Å². The number of aromatic hydroxyl groups is 1. The van der Waals surface area contributed by atoms with E-state index in [1.165, 1.54) is 0 Å². The third-order valence-corrected chi connectivity index (χ3v) is 5.71. The van der Waals surface area contributed by atoms with Gasteiger partial charge in [-0.25, -0.2) is 17.6 Å². The zero-order valence-electron chi connectivity index (χ0n) is 12.8. The normalized spacial score (nSPS) is 28.2. The van der Waals surface area contributed by atoms with Crippen LogP contribution in [0.25, 0.3) is 0 Å². The molecule has 0 aromatic heterocycles. The van der Waals surface area contributed by atoms with Gasteiger partial charge in [-0.15, -0.1) is 0 Å². The van der Waals surface area contributed by atoms with Crippen LogP contribution in [0, 0.1) is 17.0 Å². The monoisotopic (exact) mass is 336 g/mol. The largest absolute Gasteiger partial charge is 0.508 e. The van der Waals surface area contributed by atoms with E-state index in [9.17, 15) is 22.7 Å². The van der Waals surface area contributed by atoms with Gasteiger partial charge in [-0.3, -0.25) is 0 Å². The van der Waals surface area contributed by atoms with Crippen LogP contribution in [0.2, 0.25) is 0 Å². The van der Waals surface area contributed by atoms with E-state index in [1.54, 1.807) is 24.3 Å². The summed E-state index contributed by atoms with van der Waals surface area (Å²) in [5, 5.41) is 9.33. The Bertz CT molecular complexity index is 778. The molecule has 0 spiro atoms. The zero-order valence-corrected chi connectivity index (χ0v) is 12.8. The standard InChI is InChI=1S/C19H16F4O/c20-14-3-6-16(21)12(7-14)8-19(22,23)18-9-17(10-18,11-18)13-1-4-15(24)5-2-13/h1-7,24H,8-11H2. The van der Waals surface area contributed by atoms with Gasteiger partial charge in [0, 0.05) is 11.8 Å². The van der Waals surface area contributed by atoms with E-state index in [0.29, 0.717) is 19.3 Å². The van der Waals surface area contributed by atoms with Crippen molar-refractivity contribution in [2.45, 2.75) is 37.0 Å². The minimum absolute atomic E-state index is 0.145. The number of phenols is 1. The summed E-state index contributed by atoms with van der Waals surface area (Å²) in [5.41, 5.74) is -0.695. The molecule has 0 atom stereocenters.